The van der Waals surface area contributed by atoms with E-state index in [1.54, 1.807) is 11.3 Å². The minimum absolute atomic E-state index is 0.515. The van der Waals surface area contributed by atoms with Gasteiger partial charge in [0.1, 0.15) is 0 Å². The second-order valence-corrected chi connectivity index (χ2v) is 7.50. The molecule has 2 atom stereocenters. The summed E-state index contributed by atoms with van der Waals surface area (Å²) in [5.74, 6) is 0.573. The summed E-state index contributed by atoms with van der Waals surface area (Å²) in [6.45, 7) is 11.0. The van der Waals surface area contributed by atoms with Crippen LogP contribution < -0.4 is 10.2 Å². The van der Waals surface area contributed by atoms with Crippen LogP contribution in [0.25, 0.3) is 11.3 Å². The van der Waals surface area contributed by atoms with Crippen molar-refractivity contribution in [1.82, 2.24) is 10.3 Å². The van der Waals surface area contributed by atoms with Gasteiger partial charge in [0.05, 0.1) is 5.69 Å². The van der Waals surface area contributed by atoms with Crippen molar-refractivity contribution in [2.45, 2.75) is 45.7 Å². The third-order valence-corrected chi connectivity index (χ3v) is 5.09. The molecule has 0 spiro atoms. The van der Waals surface area contributed by atoms with Crippen LogP contribution in [0.1, 0.15) is 39.2 Å². The molecule has 0 saturated carbocycles. The molecule has 22 heavy (non-hydrogen) atoms. The molecule has 3 nitrogen and oxygen atoms in total. The van der Waals surface area contributed by atoms with Crippen LogP contribution in [-0.4, -0.2) is 30.2 Å². The first kappa shape index (κ1) is 15.5. The maximum atomic E-state index is 4.86. The summed E-state index contributed by atoms with van der Waals surface area (Å²) >= 11 is 1.75. The number of rotatable bonds is 3. The van der Waals surface area contributed by atoms with Crippen LogP contribution in [0.3, 0.4) is 0 Å². The van der Waals surface area contributed by atoms with Gasteiger partial charge in [0.2, 0.25) is 0 Å². The number of thiazole rings is 1. The number of hydrogen-bond donors (Lipinski definition) is 1. The lowest BCUT2D eigenvalue weighted by atomic mass is 10.0. The zero-order valence-corrected chi connectivity index (χ0v) is 14.7. The fourth-order valence-corrected chi connectivity index (χ4v) is 3.92. The Morgan fingerprint density at radius 3 is 2.36 bits per heavy atom. The number of benzene rings is 1. The predicted molar refractivity (Wildman–Crippen MR) is 95.9 cm³/mol. The van der Waals surface area contributed by atoms with Crippen LogP contribution in [0.15, 0.2) is 29.6 Å². The van der Waals surface area contributed by atoms with Crippen LogP contribution in [0.4, 0.5) is 5.13 Å². The van der Waals surface area contributed by atoms with Crippen molar-refractivity contribution in [3.8, 4) is 11.3 Å². The fraction of sp³-hybridized carbons (Fsp3) is 0.500. The van der Waals surface area contributed by atoms with E-state index in [9.17, 15) is 0 Å². The Balaban J connectivity index is 1.78. The molecule has 0 unspecified atom stereocenters. The van der Waals surface area contributed by atoms with E-state index in [1.807, 2.05) is 0 Å². The molecule has 2 heterocycles. The van der Waals surface area contributed by atoms with Crippen molar-refractivity contribution in [3.63, 3.8) is 0 Å². The van der Waals surface area contributed by atoms with E-state index in [1.165, 1.54) is 11.1 Å². The molecule has 2 aromatic rings. The van der Waals surface area contributed by atoms with Crippen LogP contribution in [0, 0.1) is 0 Å². The minimum Gasteiger partial charge on any atom is -0.345 e. The monoisotopic (exact) mass is 315 g/mol. The van der Waals surface area contributed by atoms with E-state index >= 15 is 0 Å². The van der Waals surface area contributed by atoms with Gasteiger partial charge in [-0.15, -0.1) is 11.3 Å². The van der Waals surface area contributed by atoms with Crippen molar-refractivity contribution < 1.29 is 0 Å². The molecule has 1 aromatic carbocycles. The minimum atomic E-state index is 0.515. The third kappa shape index (κ3) is 3.33. The smallest absolute Gasteiger partial charge is 0.185 e. The SMILES string of the molecule is CC(C)c1ccc(-c2csc(N3C[C@@H](C)N[C@@H](C)C3)n2)cc1. The molecule has 1 fully saturated rings. The number of nitrogens with one attached hydrogen (secondary N) is 1. The van der Waals surface area contributed by atoms with Gasteiger partial charge in [-0.2, -0.15) is 0 Å². The first-order chi connectivity index (χ1) is 10.5. The van der Waals surface area contributed by atoms with E-state index < -0.39 is 0 Å². The van der Waals surface area contributed by atoms with Gasteiger partial charge in [0, 0.05) is 36.1 Å². The number of aromatic nitrogens is 1. The van der Waals surface area contributed by atoms with Gasteiger partial charge in [-0.1, -0.05) is 38.1 Å². The lowest BCUT2D eigenvalue weighted by Gasteiger charge is -2.35. The quantitative estimate of drug-likeness (QED) is 0.923. The molecule has 3 rings (SSSR count). The Kier molecular flexibility index (Phi) is 4.50. The van der Waals surface area contributed by atoms with E-state index in [-0.39, 0.29) is 0 Å². The fourth-order valence-electron chi connectivity index (χ4n) is 3.06. The van der Waals surface area contributed by atoms with Crippen molar-refractivity contribution >= 4 is 16.5 Å². The molecule has 4 heteroatoms. The topological polar surface area (TPSA) is 28.2 Å². The number of anilines is 1. The molecule has 1 aromatic heterocycles. The second-order valence-electron chi connectivity index (χ2n) is 6.67. The summed E-state index contributed by atoms with van der Waals surface area (Å²) in [7, 11) is 0. The van der Waals surface area contributed by atoms with Crippen LogP contribution >= 0.6 is 11.3 Å². The number of hydrogen-bond acceptors (Lipinski definition) is 4. The van der Waals surface area contributed by atoms with Gasteiger partial charge in [-0.3, -0.25) is 0 Å². The maximum absolute atomic E-state index is 4.86. The number of nitrogens with zero attached hydrogens (tertiary/aromatic N) is 2. The van der Waals surface area contributed by atoms with Crippen molar-refractivity contribution in [2.24, 2.45) is 0 Å². The van der Waals surface area contributed by atoms with E-state index in [0.717, 1.165) is 23.9 Å². The van der Waals surface area contributed by atoms with E-state index in [0.29, 0.717) is 18.0 Å². The second kappa shape index (κ2) is 6.39. The number of piperazine rings is 1. The Morgan fingerprint density at radius 1 is 1.14 bits per heavy atom. The predicted octanol–water partition coefficient (Wildman–Crippen LogP) is 4.12. The standard InChI is InChI=1S/C18H25N3S/c1-12(2)15-5-7-16(8-6-15)17-11-22-18(20-17)21-9-13(3)19-14(4)10-21/h5-8,11-14,19H,9-10H2,1-4H3/t13-,14+. The summed E-state index contributed by atoms with van der Waals surface area (Å²) in [6, 6.07) is 9.85. The molecule has 0 amide bonds. The van der Waals surface area contributed by atoms with Gasteiger partial charge >= 0.3 is 0 Å². The molecule has 0 aliphatic carbocycles. The molecule has 0 radical (unpaired) electrons. The average molecular weight is 315 g/mol. The summed E-state index contributed by atoms with van der Waals surface area (Å²) in [6.07, 6.45) is 0. The molecule has 118 valence electrons. The summed E-state index contributed by atoms with van der Waals surface area (Å²) in [5, 5.41) is 6.89. The molecule has 1 N–H and O–H groups in total. The van der Waals surface area contributed by atoms with Crippen LogP contribution in [-0.2, 0) is 0 Å². The first-order valence-electron chi connectivity index (χ1n) is 8.10. The van der Waals surface area contributed by atoms with Crippen LogP contribution in [0.2, 0.25) is 0 Å². The normalized spacial score (nSPS) is 22.3. The van der Waals surface area contributed by atoms with Crippen molar-refractivity contribution in [1.29, 1.82) is 0 Å². The van der Waals surface area contributed by atoms with Gasteiger partial charge < -0.3 is 10.2 Å². The molecular weight excluding hydrogens is 290 g/mol. The Bertz CT molecular complexity index is 608. The lowest BCUT2D eigenvalue weighted by molar-refractivity contribution is 0.407. The van der Waals surface area contributed by atoms with Crippen molar-refractivity contribution in [2.75, 3.05) is 18.0 Å². The Labute approximate surface area is 137 Å². The van der Waals surface area contributed by atoms with Gasteiger partial charge in [0.15, 0.2) is 5.13 Å². The highest BCUT2D eigenvalue weighted by molar-refractivity contribution is 7.14. The maximum Gasteiger partial charge on any atom is 0.185 e. The highest BCUT2D eigenvalue weighted by Gasteiger charge is 2.23. The van der Waals surface area contributed by atoms with Crippen LogP contribution in [0.5, 0.6) is 0 Å². The zero-order valence-electron chi connectivity index (χ0n) is 13.8. The molecular formula is C18H25N3S. The average Bonchev–Trinajstić information content (AvgIpc) is 2.96. The highest BCUT2D eigenvalue weighted by Crippen LogP contribution is 2.29. The van der Waals surface area contributed by atoms with E-state index in [4.69, 9.17) is 4.98 Å². The Morgan fingerprint density at radius 2 is 1.77 bits per heavy atom. The summed E-state index contributed by atoms with van der Waals surface area (Å²) < 4.78 is 0. The summed E-state index contributed by atoms with van der Waals surface area (Å²) in [4.78, 5) is 7.27. The Hall–Kier alpha value is -1.39. The van der Waals surface area contributed by atoms with E-state index in [2.05, 4.69) is 67.6 Å². The highest BCUT2D eigenvalue weighted by atomic mass is 32.1. The van der Waals surface area contributed by atoms with Crippen molar-refractivity contribution in [3.05, 3.63) is 35.2 Å². The van der Waals surface area contributed by atoms with Gasteiger partial charge in [-0.05, 0) is 25.3 Å². The molecule has 1 aliphatic heterocycles. The largest absolute Gasteiger partial charge is 0.345 e. The zero-order chi connectivity index (χ0) is 15.7. The molecule has 1 aliphatic rings. The van der Waals surface area contributed by atoms with Gasteiger partial charge in [0.25, 0.3) is 0 Å². The van der Waals surface area contributed by atoms with Gasteiger partial charge in [-0.25, -0.2) is 4.98 Å². The first-order valence-corrected chi connectivity index (χ1v) is 8.97. The third-order valence-electron chi connectivity index (χ3n) is 4.19. The molecule has 0 bridgehead atoms. The lowest BCUT2D eigenvalue weighted by Crippen LogP contribution is -2.54. The summed E-state index contributed by atoms with van der Waals surface area (Å²) in [5.41, 5.74) is 3.68. The molecule has 1 saturated heterocycles.